The molecule has 1 aliphatic heterocycles. The molecule has 0 radical (unpaired) electrons. The van der Waals surface area contributed by atoms with Crippen molar-refractivity contribution in [2.24, 2.45) is 0 Å². The highest BCUT2D eigenvalue weighted by molar-refractivity contribution is 9.10. The van der Waals surface area contributed by atoms with Crippen LogP contribution in [0.2, 0.25) is 0 Å². The number of carbonyl (C=O) groups excluding carboxylic acids is 1. The number of morpholine rings is 1. The maximum atomic E-state index is 11.7. The van der Waals surface area contributed by atoms with Crippen molar-refractivity contribution in [3.63, 3.8) is 0 Å². The summed E-state index contributed by atoms with van der Waals surface area (Å²) in [7, 11) is 0. The number of thiophene rings is 1. The quantitative estimate of drug-likeness (QED) is 0.867. The van der Waals surface area contributed by atoms with Crippen molar-refractivity contribution in [3.8, 4) is 0 Å². The van der Waals surface area contributed by atoms with E-state index in [9.17, 15) is 4.79 Å². The van der Waals surface area contributed by atoms with Crippen molar-refractivity contribution in [2.45, 2.75) is 6.10 Å². The molecule has 0 spiro atoms. The largest absolute Gasteiger partial charge is 0.366 e. The van der Waals surface area contributed by atoms with Gasteiger partial charge in [-0.3, -0.25) is 4.79 Å². The molecule has 1 amide bonds. The van der Waals surface area contributed by atoms with Crippen LogP contribution in [0.25, 0.3) is 0 Å². The van der Waals surface area contributed by atoms with Gasteiger partial charge in [-0.1, -0.05) is 0 Å². The zero-order valence-corrected chi connectivity index (χ0v) is 10.4. The van der Waals surface area contributed by atoms with Crippen molar-refractivity contribution in [2.75, 3.05) is 25.0 Å². The van der Waals surface area contributed by atoms with Crippen molar-refractivity contribution in [1.82, 2.24) is 5.32 Å². The highest BCUT2D eigenvalue weighted by atomic mass is 79.9. The number of halogens is 1. The number of hydrogen-bond acceptors (Lipinski definition) is 4. The predicted molar refractivity (Wildman–Crippen MR) is 63.3 cm³/mol. The highest BCUT2D eigenvalue weighted by Crippen LogP contribution is 2.24. The van der Waals surface area contributed by atoms with Crippen LogP contribution in [0, 0.1) is 0 Å². The molecule has 0 aliphatic carbocycles. The average molecular weight is 291 g/mol. The lowest BCUT2D eigenvalue weighted by atomic mass is 10.3. The standard InChI is InChI=1S/C9H11BrN2O2S/c10-6-3-8(15-5-6)12-9(13)7-4-11-1-2-14-7/h3,5,7,11H,1-2,4H2,(H,12,13). The molecule has 0 saturated carbocycles. The van der Waals surface area contributed by atoms with Crippen LogP contribution < -0.4 is 10.6 Å². The first-order valence-corrected chi connectivity index (χ1v) is 6.30. The summed E-state index contributed by atoms with van der Waals surface area (Å²) >= 11 is 4.82. The van der Waals surface area contributed by atoms with Crippen LogP contribution in [-0.4, -0.2) is 31.7 Å². The zero-order valence-electron chi connectivity index (χ0n) is 7.96. The molecule has 2 N–H and O–H groups in total. The van der Waals surface area contributed by atoms with Gasteiger partial charge in [0.15, 0.2) is 0 Å². The second-order valence-electron chi connectivity index (χ2n) is 3.18. The second-order valence-corrected chi connectivity index (χ2v) is 5.01. The van der Waals surface area contributed by atoms with Gasteiger partial charge >= 0.3 is 0 Å². The van der Waals surface area contributed by atoms with Gasteiger partial charge in [-0.15, -0.1) is 11.3 Å². The number of rotatable bonds is 2. The summed E-state index contributed by atoms with van der Waals surface area (Å²) in [5.41, 5.74) is 0. The molecule has 1 fully saturated rings. The number of amides is 1. The number of nitrogens with one attached hydrogen (secondary N) is 2. The second kappa shape index (κ2) is 5.07. The smallest absolute Gasteiger partial charge is 0.255 e. The van der Waals surface area contributed by atoms with Crippen LogP contribution >= 0.6 is 27.3 Å². The van der Waals surface area contributed by atoms with Crippen LogP contribution in [0.1, 0.15) is 0 Å². The highest BCUT2D eigenvalue weighted by Gasteiger charge is 2.21. The van der Waals surface area contributed by atoms with E-state index in [1.807, 2.05) is 11.4 Å². The van der Waals surface area contributed by atoms with Gasteiger partial charge in [0.2, 0.25) is 0 Å². The third-order valence-corrected chi connectivity index (χ3v) is 3.64. The van der Waals surface area contributed by atoms with E-state index in [1.165, 1.54) is 11.3 Å². The molecule has 1 aromatic heterocycles. The van der Waals surface area contributed by atoms with Crippen molar-refractivity contribution >= 4 is 38.2 Å². The summed E-state index contributed by atoms with van der Waals surface area (Å²) in [5, 5.41) is 8.69. The number of ether oxygens (including phenoxy) is 1. The fourth-order valence-electron chi connectivity index (χ4n) is 1.31. The van der Waals surface area contributed by atoms with E-state index in [0.29, 0.717) is 13.2 Å². The molecule has 4 nitrogen and oxygen atoms in total. The van der Waals surface area contributed by atoms with Crippen molar-refractivity contribution in [1.29, 1.82) is 0 Å². The van der Waals surface area contributed by atoms with Gasteiger partial charge in [-0.25, -0.2) is 0 Å². The lowest BCUT2D eigenvalue weighted by molar-refractivity contribution is -0.128. The molecule has 0 bridgehead atoms. The van der Waals surface area contributed by atoms with E-state index in [1.54, 1.807) is 0 Å². The Labute approximate surface area is 100 Å². The summed E-state index contributed by atoms with van der Waals surface area (Å²) in [5.74, 6) is -0.0865. The first kappa shape index (κ1) is 11.1. The van der Waals surface area contributed by atoms with Gasteiger partial charge in [0, 0.05) is 22.9 Å². The lowest BCUT2D eigenvalue weighted by Crippen LogP contribution is -2.45. The van der Waals surface area contributed by atoms with E-state index >= 15 is 0 Å². The fraction of sp³-hybridized carbons (Fsp3) is 0.444. The van der Waals surface area contributed by atoms with Gasteiger partial charge in [0.05, 0.1) is 11.6 Å². The minimum atomic E-state index is -0.375. The minimum absolute atomic E-state index is 0.0865. The molecule has 1 saturated heterocycles. The molecule has 2 heterocycles. The predicted octanol–water partition coefficient (Wildman–Crippen LogP) is 1.44. The summed E-state index contributed by atoms with van der Waals surface area (Å²) < 4.78 is 6.31. The molecule has 1 aliphatic rings. The third kappa shape index (κ3) is 3.01. The minimum Gasteiger partial charge on any atom is -0.366 e. The molecule has 6 heteroatoms. The van der Waals surface area contributed by atoms with Gasteiger partial charge < -0.3 is 15.4 Å². The summed E-state index contributed by atoms with van der Waals surface area (Å²) in [6, 6.07) is 1.87. The Kier molecular flexibility index (Phi) is 3.74. The average Bonchev–Trinajstić information content (AvgIpc) is 2.65. The molecular formula is C9H11BrN2O2S. The third-order valence-electron chi connectivity index (χ3n) is 2.03. The Morgan fingerprint density at radius 3 is 3.20 bits per heavy atom. The number of carbonyl (C=O) groups is 1. The van der Waals surface area contributed by atoms with Crippen molar-refractivity contribution < 1.29 is 9.53 Å². The fourth-order valence-corrected chi connectivity index (χ4v) is 2.64. The van der Waals surface area contributed by atoms with Crippen LogP contribution in [0.5, 0.6) is 0 Å². The molecule has 1 unspecified atom stereocenters. The number of hydrogen-bond donors (Lipinski definition) is 2. The maximum absolute atomic E-state index is 11.7. The van der Waals surface area contributed by atoms with Gasteiger partial charge in [0.25, 0.3) is 5.91 Å². The monoisotopic (exact) mass is 290 g/mol. The van der Waals surface area contributed by atoms with Crippen LogP contribution in [0.4, 0.5) is 5.00 Å². The van der Waals surface area contributed by atoms with Crippen LogP contribution in [0.3, 0.4) is 0 Å². The molecule has 2 rings (SSSR count). The Bertz CT molecular complexity index is 350. The van der Waals surface area contributed by atoms with Crippen LogP contribution in [-0.2, 0) is 9.53 Å². The Balaban J connectivity index is 1.91. The van der Waals surface area contributed by atoms with E-state index < -0.39 is 0 Å². The van der Waals surface area contributed by atoms with E-state index in [2.05, 4.69) is 26.6 Å². The van der Waals surface area contributed by atoms with Gasteiger partial charge in [0.1, 0.15) is 6.10 Å². The topological polar surface area (TPSA) is 50.4 Å². The van der Waals surface area contributed by atoms with Crippen LogP contribution in [0.15, 0.2) is 15.9 Å². The van der Waals surface area contributed by atoms with E-state index in [4.69, 9.17) is 4.74 Å². The molecule has 15 heavy (non-hydrogen) atoms. The maximum Gasteiger partial charge on any atom is 0.255 e. The Morgan fingerprint density at radius 2 is 2.60 bits per heavy atom. The Hall–Kier alpha value is -0.430. The van der Waals surface area contributed by atoms with E-state index in [0.717, 1.165) is 16.0 Å². The molecule has 1 atom stereocenters. The first-order valence-electron chi connectivity index (χ1n) is 4.63. The Morgan fingerprint density at radius 1 is 1.73 bits per heavy atom. The summed E-state index contributed by atoms with van der Waals surface area (Å²) in [4.78, 5) is 11.7. The summed E-state index contributed by atoms with van der Waals surface area (Å²) in [6.45, 7) is 1.99. The zero-order chi connectivity index (χ0) is 10.7. The molecule has 1 aromatic rings. The summed E-state index contributed by atoms with van der Waals surface area (Å²) in [6.07, 6.45) is -0.375. The molecular weight excluding hydrogens is 280 g/mol. The van der Waals surface area contributed by atoms with Gasteiger partial charge in [-0.05, 0) is 22.0 Å². The number of anilines is 1. The van der Waals surface area contributed by atoms with Crippen molar-refractivity contribution in [3.05, 3.63) is 15.9 Å². The first-order chi connectivity index (χ1) is 7.25. The molecule has 0 aromatic carbocycles. The molecule has 82 valence electrons. The van der Waals surface area contributed by atoms with E-state index in [-0.39, 0.29) is 12.0 Å². The lowest BCUT2D eigenvalue weighted by Gasteiger charge is -2.22. The van der Waals surface area contributed by atoms with Gasteiger partial charge in [-0.2, -0.15) is 0 Å². The SMILES string of the molecule is O=C(Nc1cc(Br)cs1)C1CNCCO1. The normalized spacial score (nSPS) is 21.3.